The van der Waals surface area contributed by atoms with Gasteiger partial charge in [-0.1, -0.05) is 30.3 Å². The minimum Gasteiger partial charge on any atom is -0.443 e. The van der Waals surface area contributed by atoms with Crippen LogP contribution in [0.4, 0.5) is 4.79 Å². The number of benzene rings is 1. The quantitative estimate of drug-likeness (QED) is 0.706. The number of amides is 2. The molecule has 6 rings (SSSR count). The predicted octanol–water partition coefficient (Wildman–Crippen LogP) is 4.35. The van der Waals surface area contributed by atoms with Crippen LogP contribution in [0.15, 0.2) is 30.3 Å². The van der Waals surface area contributed by atoms with Gasteiger partial charge in [-0.15, -0.1) is 11.6 Å². The van der Waals surface area contributed by atoms with Crippen molar-refractivity contribution in [1.29, 1.82) is 0 Å². The number of alkyl halides is 1. The van der Waals surface area contributed by atoms with Crippen molar-refractivity contribution in [2.45, 2.75) is 69.0 Å². The Labute approximate surface area is 170 Å². The SMILES string of the molecule is CC1(C)C(=O)N(C2[C@H]3CC4C[C@H]2CC(Cl)(C4)C3)N1C(=O)OCc1ccccc1. The molecule has 4 saturated carbocycles. The number of rotatable bonds is 3. The van der Waals surface area contributed by atoms with E-state index in [9.17, 15) is 9.59 Å². The van der Waals surface area contributed by atoms with E-state index in [1.54, 1.807) is 23.9 Å². The van der Waals surface area contributed by atoms with Crippen molar-refractivity contribution in [2.24, 2.45) is 17.8 Å². The van der Waals surface area contributed by atoms with E-state index in [0.29, 0.717) is 17.8 Å². The summed E-state index contributed by atoms with van der Waals surface area (Å²) < 4.78 is 5.58. The Morgan fingerprint density at radius 2 is 1.79 bits per heavy atom. The molecule has 150 valence electrons. The lowest BCUT2D eigenvalue weighted by atomic mass is 9.53. The van der Waals surface area contributed by atoms with Crippen molar-refractivity contribution in [3.63, 3.8) is 0 Å². The number of hydrogen-bond acceptors (Lipinski definition) is 3. The van der Waals surface area contributed by atoms with E-state index < -0.39 is 11.6 Å². The molecule has 4 bridgehead atoms. The number of halogens is 1. The molecule has 4 aliphatic carbocycles. The third kappa shape index (κ3) is 2.66. The number of ether oxygens (including phenoxy) is 1. The molecule has 1 aromatic carbocycles. The first-order valence-corrected chi connectivity index (χ1v) is 10.7. The van der Waals surface area contributed by atoms with Gasteiger partial charge in [0.25, 0.3) is 5.91 Å². The summed E-state index contributed by atoms with van der Waals surface area (Å²) in [6, 6.07) is 9.70. The van der Waals surface area contributed by atoms with Crippen LogP contribution in [0.3, 0.4) is 0 Å². The molecule has 1 aliphatic heterocycles. The molecule has 0 N–H and O–H groups in total. The average Bonchev–Trinajstić information content (AvgIpc) is 2.64. The lowest BCUT2D eigenvalue weighted by molar-refractivity contribution is -0.234. The summed E-state index contributed by atoms with van der Waals surface area (Å²) >= 11 is 6.86. The van der Waals surface area contributed by atoms with E-state index in [1.165, 1.54) is 0 Å². The van der Waals surface area contributed by atoms with Crippen molar-refractivity contribution in [2.75, 3.05) is 0 Å². The van der Waals surface area contributed by atoms with Crippen LogP contribution in [0.2, 0.25) is 0 Å². The van der Waals surface area contributed by atoms with Gasteiger partial charge in [-0.25, -0.2) is 14.8 Å². The highest BCUT2D eigenvalue weighted by molar-refractivity contribution is 6.24. The van der Waals surface area contributed by atoms with E-state index >= 15 is 0 Å². The Kier molecular flexibility index (Phi) is 4.00. The van der Waals surface area contributed by atoms with Gasteiger partial charge >= 0.3 is 6.09 Å². The molecular formula is C22H27ClN2O3. The Morgan fingerprint density at radius 3 is 2.39 bits per heavy atom. The molecule has 0 radical (unpaired) electrons. The van der Waals surface area contributed by atoms with E-state index in [-0.39, 0.29) is 23.4 Å². The maximum absolute atomic E-state index is 13.0. The molecule has 2 atom stereocenters. The molecule has 6 heteroatoms. The Balaban J connectivity index is 1.35. The Morgan fingerprint density at radius 1 is 1.14 bits per heavy atom. The highest BCUT2D eigenvalue weighted by Crippen LogP contribution is 2.60. The lowest BCUT2D eigenvalue weighted by Crippen LogP contribution is -2.81. The fourth-order valence-electron chi connectivity index (χ4n) is 6.35. The zero-order valence-electron chi connectivity index (χ0n) is 16.4. The molecule has 1 saturated heterocycles. The average molecular weight is 403 g/mol. The van der Waals surface area contributed by atoms with Crippen LogP contribution in [0.25, 0.3) is 0 Å². The molecule has 5 fully saturated rings. The predicted molar refractivity (Wildman–Crippen MR) is 105 cm³/mol. The molecule has 2 amide bonds. The molecule has 0 aromatic heterocycles. The van der Waals surface area contributed by atoms with Crippen molar-refractivity contribution in [3.8, 4) is 0 Å². The summed E-state index contributed by atoms with van der Waals surface area (Å²) in [5.74, 6) is 1.46. The number of carbonyl (C=O) groups excluding carboxylic acids is 2. The van der Waals surface area contributed by atoms with Gasteiger partial charge in [0.05, 0.1) is 6.04 Å². The van der Waals surface area contributed by atoms with E-state index in [2.05, 4.69) is 0 Å². The molecular weight excluding hydrogens is 376 g/mol. The van der Waals surface area contributed by atoms with Gasteiger partial charge < -0.3 is 4.74 Å². The summed E-state index contributed by atoms with van der Waals surface area (Å²) in [7, 11) is 0. The van der Waals surface area contributed by atoms with Crippen molar-refractivity contribution >= 4 is 23.6 Å². The second kappa shape index (κ2) is 6.12. The van der Waals surface area contributed by atoms with E-state index in [0.717, 1.165) is 37.7 Å². The third-order valence-corrected chi connectivity index (χ3v) is 7.75. The molecule has 0 unspecified atom stereocenters. The van der Waals surface area contributed by atoms with Gasteiger partial charge in [0.2, 0.25) is 0 Å². The van der Waals surface area contributed by atoms with Crippen molar-refractivity contribution in [3.05, 3.63) is 35.9 Å². The van der Waals surface area contributed by atoms with Crippen LogP contribution in [-0.2, 0) is 16.1 Å². The van der Waals surface area contributed by atoms with Gasteiger partial charge in [-0.05, 0) is 69.3 Å². The van der Waals surface area contributed by atoms with Crippen LogP contribution < -0.4 is 0 Å². The second-order valence-electron chi connectivity index (χ2n) is 9.67. The minimum absolute atomic E-state index is 0.0188. The summed E-state index contributed by atoms with van der Waals surface area (Å²) in [4.78, 5) is 25.9. The maximum Gasteiger partial charge on any atom is 0.430 e. The van der Waals surface area contributed by atoms with Gasteiger partial charge in [0, 0.05) is 4.87 Å². The summed E-state index contributed by atoms with van der Waals surface area (Å²) in [5, 5.41) is 3.28. The van der Waals surface area contributed by atoms with Gasteiger partial charge in [-0.2, -0.15) is 0 Å². The minimum atomic E-state index is -0.860. The zero-order chi connectivity index (χ0) is 19.7. The smallest absolute Gasteiger partial charge is 0.430 e. The Bertz CT molecular complexity index is 795. The molecule has 28 heavy (non-hydrogen) atoms. The van der Waals surface area contributed by atoms with Crippen LogP contribution in [0.1, 0.15) is 51.5 Å². The number of nitrogens with zero attached hydrogens (tertiary/aromatic N) is 2. The van der Waals surface area contributed by atoms with E-state index in [4.69, 9.17) is 16.3 Å². The lowest BCUT2D eigenvalue weighted by Gasteiger charge is -2.65. The van der Waals surface area contributed by atoms with Crippen LogP contribution >= 0.6 is 11.6 Å². The second-order valence-corrected chi connectivity index (χ2v) is 10.5. The van der Waals surface area contributed by atoms with Crippen LogP contribution in [0.5, 0.6) is 0 Å². The standard InChI is InChI=1S/C22H27ClN2O3/c1-21(2)19(26)24(25(21)20(27)28-13-14-6-4-3-5-7-14)18-16-8-15-9-17(18)12-22(23,10-15)11-16/h3-7,15-18H,8-13H2,1-2H3/t15?,16-,17-,18?,22?/m0/s1. The first kappa shape index (κ1) is 18.3. The normalized spacial score (nSPS) is 37.8. The molecule has 5 aliphatic rings. The fraction of sp³-hybridized carbons (Fsp3) is 0.636. The highest BCUT2D eigenvalue weighted by Gasteiger charge is 2.65. The van der Waals surface area contributed by atoms with Gasteiger partial charge in [0.15, 0.2) is 0 Å². The largest absolute Gasteiger partial charge is 0.443 e. The molecule has 0 spiro atoms. The number of carbonyl (C=O) groups is 2. The summed E-state index contributed by atoms with van der Waals surface area (Å²) in [6.07, 6.45) is 4.80. The van der Waals surface area contributed by atoms with Gasteiger partial charge in [-0.3, -0.25) is 4.79 Å². The topological polar surface area (TPSA) is 49.9 Å². The molecule has 1 aromatic rings. The zero-order valence-corrected chi connectivity index (χ0v) is 17.2. The molecule has 5 nitrogen and oxygen atoms in total. The van der Waals surface area contributed by atoms with Crippen molar-refractivity contribution < 1.29 is 14.3 Å². The highest BCUT2D eigenvalue weighted by atomic mass is 35.5. The van der Waals surface area contributed by atoms with Gasteiger partial charge in [0.1, 0.15) is 12.1 Å². The molecule has 1 heterocycles. The van der Waals surface area contributed by atoms with Crippen LogP contribution in [0, 0.1) is 17.8 Å². The van der Waals surface area contributed by atoms with E-state index in [1.807, 2.05) is 30.3 Å². The fourth-order valence-corrected chi connectivity index (χ4v) is 6.96. The Hall–Kier alpha value is -1.75. The monoisotopic (exact) mass is 402 g/mol. The number of hydrazine groups is 1. The number of hydrogen-bond donors (Lipinski definition) is 0. The maximum atomic E-state index is 13.0. The van der Waals surface area contributed by atoms with Crippen molar-refractivity contribution in [1.82, 2.24) is 10.0 Å². The first-order valence-electron chi connectivity index (χ1n) is 10.3. The third-order valence-electron chi connectivity index (χ3n) is 7.29. The summed E-state index contributed by atoms with van der Waals surface area (Å²) in [5.41, 5.74) is 0.0759. The summed E-state index contributed by atoms with van der Waals surface area (Å²) in [6.45, 7) is 3.81. The first-order chi connectivity index (χ1) is 13.3. The van der Waals surface area contributed by atoms with Crippen LogP contribution in [-0.4, -0.2) is 38.5 Å².